The minimum absolute atomic E-state index is 0.000566. The Morgan fingerprint density at radius 1 is 0.370 bits per heavy atom. The monoisotopic (exact) mass is 2130 g/mol. The van der Waals surface area contributed by atoms with Gasteiger partial charge in [0.25, 0.3) is 27.8 Å². The molecular weight excluding hydrogens is 2040 g/mol. The number of phosphoric ester groups is 5. The van der Waals surface area contributed by atoms with Crippen LogP contribution in [0.1, 0.15) is 98.1 Å². The van der Waals surface area contributed by atoms with Gasteiger partial charge in [0.1, 0.15) is 128 Å². The number of aliphatic hydroxyl groups is 1. The Bertz CT molecular complexity index is 8020. The molecule has 0 spiro atoms. The van der Waals surface area contributed by atoms with Crippen molar-refractivity contribution in [3.8, 4) is 11.5 Å². The van der Waals surface area contributed by atoms with Crippen LogP contribution in [0.2, 0.25) is 0 Å². The number of nitrogen functional groups attached to an aromatic ring is 5. The van der Waals surface area contributed by atoms with E-state index in [1.54, 1.807) is 60.7 Å². The lowest BCUT2D eigenvalue weighted by Crippen LogP contribution is -2.40. The number of aromatic nitrogens is 22. The number of hydrogen-bond donors (Lipinski definition) is 16. The number of H-pyrrole nitrogens is 5. The molecule has 14 aromatic rings. The zero-order valence-corrected chi connectivity index (χ0v) is 79.6. The van der Waals surface area contributed by atoms with Crippen molar-refractivity contribution in [2.24, 2.45) is 0 Å². The average Bonchev–Trinajstić information content (AvgIpc) is 0.767. The molecule has 146 heavy (non-hydrogen) atoms. The number of aliphatic hydroxyl groups excluding tert-OH is 1. The van der Waals surface area contributed by atoms with E-state index in [2.05, 4.69) is 79.7 Å². The smallest absolute Gasteiger partial charge is 0.457 e. The number of nitrogens with zero attached hydrogens (tertiary/aromatic N) is 17. The van der Waals surface area contributed by atoms with E-state index in [4.69, 9.17) is 112 Å². The summed E-state index contributed by atoms with van der Waals surface area (Å²) >= 11 is 0. The van der Waals surface area contributed by atoms with Gasteiger partial charge in [-0.1, -0.05) is 66.7 Å². The van der Waals surface area contributed by atoms with Crippen LogP contribution in [0.25, 0.3) is 55.8 Å². The lowest BCUT2D eigenvalue weighted by atomic mass is 9.77. The second-order valence-corrected chi connectivity index (χ2v) is 41.4. The van der Waals surface area contributed by atoms with Crippen molar-refractivity contribution in [1.29, 1.82) is 0 Å². The molecule has 6 unspecified atom stereocenters. The van der Waals surface area contributed by atoms with Crippen LogP contribution in [-0.4, -0.2) is 250 Å². The van der Waals surface area contributed by atoms with Gasteiger partial charge in [0.05, 0.1) is 77.4 Å². The van der Waals surface area contributed by atoms with Crippen molar-refractivity contribution in [3.05, 3.63) is 208 Å². The largest absolute Gasteiger partial charge is 0.472 e. The van der Waals surface area contributed by atoms with Crippen molar-refractivity contribution in [3.63, 3.8) is 0 Å². The molecule has 0 amide bonds. The van der Waals surface area contributed by atoms with Crippen LogP contribution in [0, 0.1) is 6.92 Å². The molecule has 7 aliphatic heterocycles. The second kappa shape index (κ2) is 38.9. The van der Waals surface area contributed by atoms with Crippen LogP contribution in [0.15, 0.2) is 152 Å². The van der Waals surface area contributed by atoms with Gasteiger partial charge in [-0.15, -0.1) is 0 Å². The number of nitrogens with one attached hydrogen (secondary N) is 5. The summed E-state index contributed by atoms with van der Waals surface area (Å²) in [5.74, 6) is -0.623. The molecule has 0 saturated carbocycles. The normalized spacial score (nSPS) is 27.1. The minimum Gasteiger partial charge on any atom is -0.457 e. The quantitative estimate of drug-likeness (QED) is 0.0252. The lowest BCUT2D eigenvalue weighted by molar-refractivity contribution is -0.0968. The molecule has 7 aliphatic rings. The Morgan fingerprint density at radius 2 is 0.678 bits per heavy atom. The first-order valence-corrected chi connectivity index (χ1v) is 51.8. The third-order valence-corrected chi connectivity index (χ3v) is 30.1. The van der Waals surface area contributed by atoms with Gasteiger partial charge >= 0.3 is 44.8 Å². The van der Waals surface area contributed by atoms with Gasteiger partial charge in [-0.05, 0) is 24.6 Å². The van der Waals surface area contributed by atoms with Gasteiger partial charge in [-0.2, -0.15) is 19.9 Å². The van der Waals surface area contributed by atoms with Crippen molar-refractivity contribution in [1.82, 2.24) is 107 Å². The van der Waals surface area contributed by atoms with E-state index in [1.807, 2.05) is 18.2 Å². The highest BCUT2D eigenvalue weighted by molar-refractivity contribution is 7.48. The predicted molar refractivity (Wildman–Crippen MR) is 492 cm³/mol. The lowest BCUT2D eigenvalue weighted by Gasteiger charge is -2.41. The molecule has 772 valence electrons. The highest BCUT2D eigenvalue weighted by Gasteiger charge is 2.54. The van der Waals surface area contributed by atoms with E-state index in [-0.39, 0.29) is 98.4 Å². The zero-order valence-electron chi connectivity index (χ0n) is 75.2. The number of rotatable bonds is 35. The number of aromatic amines is 5. The molecule has 67 heteroatoms. The molecule has 21 rings (SSSR count). The molecule has 0 radical (unpaired) electrons. The maximum Gasteiger partial charge on any atom is 0.472 e. The zero-order chi connectivity index (χ0) is 102. The van der Waals surface area contributed by atoms with Gasteiger partial charge < -0.3 is 96.1 Å². The van der Waals surface area contributed by atoms with E-state index >= 15 is 0 Å². The number of hydrogen-bond acceptors (Lipinski definition) is 46. The summed E-state index contributed by atoms with van der Waals surface area (Å²) in [4.78, 5) is 195. The summed E-state index contributed by atoms with van der Waals surface area (Å²) in [5, 5.41) is 11.1. The molecule has 6 fully saturated rings. The third-order valence-electron chi connectivity index (χ3n) is 25.1. The summed E-state index contributed by atoms with van der Waals surface area (Å²) in [6, 6.07) is 23.3. The van der Waals surface area contributed by atoms with Crippen molar-refractivity contribution in [2.45, 2.75) is 162 Å². The number of ether oxygens (including phenoxy) is 8. The van der Waals surface area contributed by atoms with Crippen molar-refractivity contribution < 1.29 is 136 Å². The first kappa shape index (κ1) is 99.3. The average molecular weight is 2130 g/mol. The minimum atomic E-state index is -5.72. The van der Waals surface area contributed by atoms with Gasteiger partial charge in [-0.25, -0.2) is 62.5 Å². The number of benzene rings is 3. The summed E-state index contributed by atoms with van der Waals surface area (Å²) in [5.41, 5.74) is 24.1. The molecule has 6 saturated heterocycles. The van der Waals surface area contributed by atoms with E-state index in [1.165, 1.54) is 39.5 Å². The Balaban J connectivity index is 0.523. The molecule has 11 aromatic heterocycles. The number of para-hydroxylation sites is 2. The molecule has 0 bridgehead atoms. The molecule has 3 aromatic carbocycles. The Kier molecular flexibility index (Phi) is 26.4. The summed E-state index contributed by atoms with van der Waals surface area (Å²) in [7, 11) is -27.9. The number of anilines is 5. The SMILES string of the molecule is Cc1cn([C@H]2C[C@H](OP(=O)(O)OC[C@H]3O[C@@H](n4cnc5c(=O)[nH]c(N)nc54)C[C@@H]3OP(=O)(O)OC[C@H]3O[C@@H](n4cnc5c(=O)[nH]c(N)nc54)C[C@@H]3OP(=O)(O)OC[C@H]3O[C@@H](n4cnc5c(=O)[nH]c(N)nc54)C[C@@H]3OP(=O)(O)OC[C@H]3OC(n4cnc5c(N)ncnc54)C[C@@H]3OP(=O)(O)OC[C@H]3O[C@@H](n4cnc5c(=O)[nH]c(N)nc54)C[C@@H]3O)[C@@H](COC3(c4ccccc4)c4ccccc4Oc4ccccc43)O2)c(=O)[nH]c1=O. The van der Waals surface area contributed by atoms with Crippen LogP contribution < -0.4 is 66.9 Å². The first-order valence-electron chi connectivity index (χ1n) is 44.3. The Morgan fingerprint density at radius 3 is 1.05 bits per heavy atom. The van der Waals surface area contributed by atoms with Crippen LogP contribution in [0.3, 0.4) is 0 Å². The maximum absolute atomic E-state index is 14.9. The highest BCUT2D eigenvalue weighted by atomic mass is 31.2. The summed E-state index contributed by atoms with van der Waals surface area (Å²) in [6.07, 6.45) is -21.9. The standard InChI is InChI=1S/C79H86N27O35P5/c1-34-21-101(78(113)100-69(34)108)53-16-41(47(132-53)22-124-79(35-9-3-2-4-10-35)36-11-5-7-13-39(36)130-40-14-8-6-12-37(40)79)137-143(116,117)126-25-49-43(18-55(134-49)104-31-89-60-66(104)93-75(82)97-71(60)110)140-145(120,121)128-27-51-45(20-57(136-51)106-33-91-62-68(106)95-77(84)99-73(62)112)141-146(122,123)129-26-50-44(19-56(135-50)105-32-90-61-67(105)94-76(83)98-72(61)111)139-144(118,119)127-24-48-42(17-54(133-48)102-29-87-58-63(80)85-28-86-64(58)102)138-142(114,115)125-23-46-38(107)15-52(131-46)103-30-88-59-65(103)92-74(81)96-70(59)109/h2-14,21,28-33,38,41-57,107H,15-20,22-27H2,1H3,(H,114,115)(H,116,117)(H,118,119)(H,120,121)(H,122,123)(H2,80,85,86)(H,100,108,113)(H3,81,92,96,109)(H3,82,93,97,110)(H3,83,94,98,111)(H3,84,95,99,112)/t38-,41-,42-,43-,44-,45-,46+,47+,48+,49+,50+,51+,52+,53+,54?,55+,56+,57+/m0/s1. The van der Waals surface area contributed by atoms with E-state index < -0.39 is 260 Å². The Labute approximate surface area is 812 Å². The first-order chi connectivity index (χ1) is 69.7. The fourth-order valence-electron chi connectivity index (χ4n) is 18.4. The second-order valence-electron chi connectivity index (χ2n) is 34.4. The van der Waals surface area contributed by atoms with Crippen LogP contribution in [-0.2, 0) is 107 Å². The summed E-state index contributed by atoms with van der Waals surface area (Å²) < 4.78 is 189. The topological polar surface area (TPSA) is 856 Å². The molecule has 21 N–H and O–H groups in total. The van der Waals surface area contributed by atoms with Crippen LogP contribution >= 0.6 is 39.1 Å². The number of fused-ring (bicyclic) bond motifs is 7. The molecule has 23 atom stereocenters. The predicted octanol–water partition coefficient (Wildman–Crippen LogP) is 1.84. The van der Waals surface area contributed by atoms with Gasteiger partial charge in [0, 0.05) is 61.4 Å². The number of aryl methyl sites for hydroxylation is 1. The number of imidazole rings is 5. The molecule has 62 nitrogen and oxygen atoms in total. The Hall–Kier alpha value is -12.7. The van der Waals surface area contributed by atoms with Crippen molar-refractivity contribution in [2.75, 3.05) is 68.3 Å². The molecular formula is C79H86N27O35P5. The maximum atomic E-state index is 14.9. The van der Waals surface area contributed by atoms with Gasteiger partial charge in [0.2, 0.25) is 23.8 Å². The van der Waals surface area contributed by atoms with E-state index in [9.17, 15) is 81.2 Å². The van der Waals surface area contributed by atoms with Crippen LogP contribution in [0.4, 0.5) is 29.6 Å². The molecule has 18 heterocycles. The molecule has 0 aliphatic carbocycles. The number of nitrogens with two attached hydrogens (primary N) is 5. The van der Waals surface area contributed by atoms with Crippen LogP contribution in [0.5, 0.6) is 11.5 Å². The fraction of sp³-hybridized carbons (Fsp3) is 0.405. The highest BCUT2D eigenvalue weighted by Crippen LogP contribution is 2.59. The third kappa shape index (κ3) is 19.8. The van der Waals surface area contributed by atoms with E-state index in [0.717, 1.165) is 39.0 Å². The summed E-state index contributed by atoms with van der Waals surface area (Å²) in [6.45, 7) is -4.19. The van der Waals surface area contributed by atoms with Gasteiger partial charge in [-0.3, -0.25) is 122 Å². The number of phosphoric acid groups is 5. The van der Waals surface area contributed by atoms with E-state index in [0.29, 0.717) is 28.2 Å². The van der Waals surface area contributed by atoms with Crippen molar-refractivity contribution >= 4 is 125 Å². The fourth-order valence-corrected chi connectivity index (χ4v) is 23.2. The van der Waals surface area contributed by atoms with Gasteiger partial charge in [0.15, 0.2) is 61.7 Å².